The summed E-state index contributed by atoms with van der Waals surface area (Å²) >= 11 is 5.76. The van der Waals surface area contributed by atoms with E-state index in [-0.39, 0.29) is 0 Å². The number of halogens is 1. The number of hydrogen-bond donors (Lipinski definition) is 1. The molecule has 2 nitrogen and oxygen atoms in total. The van der Waals surface area contributed by atoms with Gasteiger partial charge in [-0.05, 0) is 30.9 Å². The molecule has 0 aliphatic heterocycles. The second kappa shape index (κ2) is 3.04. The van der Waals surface area contributed by atoms with Gasteiger partial charge in [0.25, 0.3) is 0 Å². The predicted molar refractivity (Wildman–Crippen MR) is 46.9 cm³/mol. The largest absolute Gasteiger partial charge is 0.387 e. The van der Waals surface area contributed by atoms with Crippen LogP contribution in [-0.4, -0.2) is 10.1 Å². The molecule has 1 fully saturated rings. The molecule has 1 aromatic heterocycles. The monoisotopic (exact) mass is 183 g/mol. The van der Waals surface area contributed by atoms with Crippen LogP contribution in [0.4, 0.5) is 0 Å². The average Bonchev–Trinajstić information content (AvgIpc) is 2.85. The van der Waals surface area contributed by atoms with Gasteiger partial charge in [0.2, 0.25) is 0 Å². The predicted octanol–water partition coefficient (Wildman–Crippen LogP) is 2.18. The summed E-state index contributed by atoms with van der Waals surface area (Å²) in [4.78, 5) is 4.07. The van der Waals surface area contributed by atoms with Gasteiger partial charge in [0.05, 0.1) is 11.8 Å². The normalized spacial score (nSPS) is 19.2. The van der Waals surface area contributed by atoms with E-state index in [1.165, 1.54) is 0 Å². The molecule has 1 heterocycles. The first-order chi connectivity index (χ1) is 5.77. The van der Waals surface area contributed by atoms with Crippen LogP contribution in [0.5, 0.6) is 0 Å². The summed E-state index contributed by atoms with van der Waals surface area (Å²) in [5, 5.41) is 10.3. The molecular formula is C9H10ClNO. The van der Waals surface area contributed by atoms with Crippen molar-refractivity contribution in [2.45, 2.75) is 18.9 Å². The smallest absolute Gasteiger partial charge is 0.0988 e. The van der Waals surface area contributed by atoms with Crippen LogP contribution in [-0.2, 0) is 0 Å². The molecule has 1 aromatic rings. The maximum absolute atomic E-state index is 9.66. The minimum atomic E-state index is -0.413. The molecule has 0 saturated heterocycles. The SMILES string of the molecule is OC(c1cc(Cl)ccn1)C1CC1. The van der Waals surface area contributed by atoms with Gasteiger partial charge in [0.15, 0.2) is 0 Å². The molecule has 1 aliphatic carbocycles. The van der Waals surface area contributed by atoms with Crippen molar-refractivity contribution >= 4 is 11.6 Å². The highest BCUT2D eigenvalue weighted by Crippen LogP contribution is 2.40. The fourth-order valence-corrected chi connectivity index (χ4v) is 1.40. The second-order valence-corrected chi connectivity index (χ2v) is 3.62. The van der Waals surface area contributed by atoms with E-state index >= 15 is 0 Å². The fraction of sp³-hybridized carbons (Fsp3) is 0.444. The number of aliphatic hydroxyl groups is 1. The zero-order valence-corrected chi connectivity index (χ0v) is 7.33. The van der Waals surface area contributed by atoms with E-state index in [4.69, 9.17) is 11.6 Å². The van der Waals surface area contributed by atoms with Crippen molar-refractivity contribution in [2.24, 2.45) is 5.92 Å². The minimum Gasteiger partial charge on any atom is -0.387 e. The van der Waals surface area contributed by atoms with Crippen molar-refractivity contribution in [1.29, 1.82) is 0 Å². The Kier molecular flexibility index (Phi) is 2.03. The van der Waals surface area contributed by atoms with E-state index in [0.717, 1.165) is 12.8 Å². The van der Waals surface area contributed by atoms with Gasteiger partial charge in [-0.1, -0.05) is 11.6 Å². The first kappa shape index (κ1) is 8.02. The lowest BCUT2D eigenvalue weighted by atomic mass is 10.1. The number of pyridine rings is 1. The Balaban J connectivity index is 2.20. The lowest BCUT2D eigenvalue weighted by molar-refractivity contribution is 0.149. The summed E-state index contributed by atoms with van der Waals surface area (Å²) in [6.45, 7) is 0. The van der Waals surface area contributed by atoms with E-state index in [1.54, 1.807) is 18.3 Å². The third kappa shape index (κ3) is 1.59. The molecule has 1 aliphatic rings. The molecule has 64 valence electrons. The van der Waals surface area contributed by atoms with E-state index in [0.29, 0.717) is 16.6 Å². The molecule has 3 heteroatoms. The summed E-state index contributed by atoms with van der Waals surface area (Å²) in [6.07, 6.45) is 3.43. The molecule has 0 bridgehead atoms. The van der Waals surface area contributed by atoms with Gasteiger partial charge < -0.3 is 5.11 Å². The number of hydrogen-bond acceptors (Lipinski definition) is 2. The Morgan fingerprint density at radius 2 is 2.33 bits per heavy atom. The van der Waals surface area contributed by atoms with Gasteiger partial charge >= 0.3 is 0 Å². The Bertz CT molecular complexity index is 286. The van der Waals surface area contributed by atoms with Crippen molar-refractivity contribution < 1.29 is 5.11 Å². The van der Waals surface area contributed by atoms with Crippen LogP contribution in [0.2, 0.25) is 5.02 Å². The highest BCUT2D eigenvalue weighted by Gasteiger charge is 2.31. The highest BCUT2D eigenvalue weighted by molar-refractivity contribution is 6.30. The van der Waals surface area contributed by atoms with Crippen molar-refractivity contribution in [3.63, 3.8) is 0 Å². The van der Waals surface area contributed by atoms with Crippen molar-refractivity contribution in [2.75, 3.05) is 0 Å². The van der Waals surface area contributed by atoms with Crippen LogP contribution < -0.4 is 0 Å². The maximum atomic E-state index is 9.66. The van der Waals surface area contributed by atoms with Gasteiger partial charge in [0.1, 0.15) is 0 Å². The molecule has 0 aromatic carbocycles. The Morgan fingerprint density at radius 3 is 2.92 bits per heavy atom. The van der Waals surface area contributed by atoms with Crippen LogP contribution in [0.15, 0.2) is 18.3 Å². The van der Waals surface area contributed by atoms with Crippen LogP contribution in [0, 0.1) is 5.92 Å². The Labute approximate surface area is 76.2 Å². The molecule has 1 N–H and O–H groups in total. The van der Waals surface area contributed by atoms with Gasteiger partial charge in [-0.25, -0.2) is 0 Å². The molecule has 1 atom stereocenters. The van der Waals surface area contributed by atoms with Gasteiger partial charge in [-0.3, -0.25) is 4.98 Å². The lowest BCUT2D eigenvalue weighted by Crippen LogP contribution is -2.01. The zero-order chi connectivity index (χ0) is 8.55. The van der Waals surface area contributed by atoms with Crippen LogP contribution in [0.25, 0.3) is 0 Å². The molecular weight excluding hydrogens is 174 g/mol. The standard InChI is InChI=1S/C9H10ClNO/c10-7-3-4-11-8(5-7)9(12)6-1-2-6/h3-6,9,12H,1-2H2. The number of aromatic nitrogens is 1. The fourth-order valence-electron chi connectivity index (χ4n) is 1.24. The highest BCUT2D eigenvalue weighted by atomic mass is 35.5. The lowest BCUT2D eigenvalue weighted by Gasteiger charge is -2.07. The molecule has 0 radical (unpaired) electrons. The zero-order valence-electron chi connectivity index (χ0n) is 6.57. The molecule has 0 amide bonds. The van der Waals surface area contributed by atoms with Gasteiger partial charge in [-0.15, -0.1) is 0 Å². The number of aliphatic hydroxyl groups excluding tert-OH is 1. The van der Waals surface area contributed by atoms with E-state index in [9.17, 15) is 5.11 Å². The van der Waals surface area contributed by atoms with Crippen LogP contribution >= 0.6 is 11.6 Å². The summed E-state index contributed by atoms with van der Waals surface area (Å²) in [6, 6.07) is 3.44. The molecule has 1 saturated carbocycles. The number of rotatable bonds is 2. The first-order valence-electron chi connectivity index (χ1n) is 4.07. The van der Waals surface area contributed by atoms with E-state index in [2.05, 4.69) is 4.98 Å². The first-order valence-corrected chi connectivity index (χ1v) is 4.44. The quantitative estimate of drug-likeness (QED) is 0.763. The average molecular weight is 184 g/mol. The minimum absolute atomic E-state index is 0.413. The summed E-state index contributed by atoms with van der Waals surface area (Å²) in [5.74, 6) is 0.413. The molecule has 0 spiro atoms. The van der Waals surface area contributed by atoms with E-state index < -0.39 is 6.10 Å². The summed E-state index contributed by atoms with van der Waals surface area (Å²) in [5.41, 5.74) is 0.699. The topological polar surface area (TPSA) is 33.1 Å². The Hall–Kier alpha value is -0.600. The number of nitrogens with zero attached hydrogens (tertiary/aromatic N) is 1. The molecule has 12 heavy (non-hydrogen) atoms. The molecule has 2 rings (SSSR count). The Morgan fingerprint density at radius 1 is 1.58 bits per heavy atom. The van der Waals surface area contributed by atoms with Crippen LogP contribution in [0.3, 0.4) is 0 Å². The summed E-state index contributed by atoms with van der Waals surface area (Å²) in [7, 11) is 0. The molecule has 1 unspecified atom stereocenters. The van der Waals surface area contributed by atoms with Crippen molar-refractivity contribution in [3.05, 3.63) is 29.0 Å². The van der Waals surface area contributed by atoms with Crippen molar-refractivity contribution in [1.82, 2.24) is 4.98 Å². The van der Waals surface area contributed by atoms with Gasteiger partial charge in [0, 0.05) is 11.2 Å². The van der Waals surface area contributed by atoms with Crippen LogP contribution in [0.1, 0.15) is 24.6 Å². The van der Waals surface area contributed by atoms with Crippen molar-refractivity contribution in [3.8, 4) is 0 Å². The second-order valence-electron chi connectivity index (χ2n) is 3.18. The third-order valence-electron chi connectivity index (χ3n) is 2.11. The van der Waals surface area contributed by atoms with Gasteiger partial charge in [-0.2, -0.15) is 0 Å². The maximum Gasteiger partial charge on any atom is 0.0988 e. The van der Waals surface area contributed by atoms with E-state index in [1.807, 2.05) is 0 Å². The third-order valence-corrected chi connectivity index (χ3v) is 2.35. The summed E-state index contributed by atoms with van der Waals surface area (Å²) < 4.78 is 0.